The summed E-state index contributed by atoms with van der Waals surface area (Å²) < 4.78 is 3.58. The lowest BCUT2D eigenvalue weighted by atomic mass is 10.1. The van der Waals surface area contributed by atoms with Crippen LogP contribution in [0.3, 0.4) is 0 Å². The summed E-state index contributed by atoms with van der Waals surface area (Å²) in [5.74, 6) is 0.287. The smallest absolute Gasteiger partial charge is 0.289 e. The minimum Gasteiger partial charge on any atom is -0.393 e. The molecule has 0 aromatic carbocycles. The van der Waals surface area contributed by atoms with Gasteiger partial charge in [0.25, 0.3) is 5.56 Å². The lowest BCUT2D eigenvalue weighted by Gasteiger charge is -2.13. The van der Waals surface area contributed by atoms with Gasteiger partial charge in [-0.25, -0.2) is 0 Å². The van der Waals surface area contributed by atoms with E-state index in [1.54, 1.807) is 11.7 Å². The molecule has 0 unspecified atom stereocenters. The molecule has 2 N–H and O–H groups in total. The van der Waals surface area contributed by atoms with Crippen LogP contribution in [0.15, 0.2) is 4.79 Å². The van der Waals surface area contributed by atoms with Gasteiger partial charge < -0.3 is 5.73 Å². The molecule has 1 heterocycles. The van der Waals surface area contributed by atoms with E-state index in [-0.39, 0.29) is 11.5 Å². The van der Waals surface area contributed by atoms with Gasteiger partial charge in [-0.3, -0.25) is 14.2 Å². The van der Waals surface area contributed by atoms with Crippen molar-refractivity contribution < 1.29 is 0 Å². The van der Waals surface area contributed by atoms with Crippen LogP contribution in [-0.4, -0.2) is 9.36 Å². The maximum absolute atomic E-state index is 11.6. The van der Waals surface area contributed by atoms with Gasteiger partial charge in [-0.2, -0.15) is 0 Å². The van der Waals surface area contributed by atoms with Gasteiger partial charge in [-0.1, -0.05) is 20.8 Å². The van der Waals surface area contributed by atoms with Gasteiger partial charge in [0.05, 0.1) is 5.69 Å². The molecule has 14 heavy (non-hydrogen) atoms. The summed E-state index contributed by atoms with van der Waals surface area (Å²) in [5, 5.41) is 0. The van der Waals surface area contributed by atoms with Crippen LogP contribution < -0.4 is 11.3 Å². The van der Waals surface area contributed by atoms with Gasteiger partial charge in [-0.05, 0) is 12.3 Å². The van der Waals surface area contributed by atoms with E-state index in [9.17, 15) is 4.79 Å². The maximum atomic E-state index is 11.6. The summed E-state index contributed by atoms with van der Waals surface area (Å²) in [5.41, 5.74) is 7.06. The highest BCUT2D eigenvalue weighted by Gasteiger charge is 2.17. The average Bonchev–Trinajstić information content (AvgIpc) is 2.32. The lowest BCUT2D eigenvalue weighted by Crippen LogP contribution is -2.20. The molecule has 1 aromatic heterocycles. The Morgan fingerprint density at radius 1 is 1.43 bits per heavy atom. The van der Waals surface area contributed by atoms with E-state index in [0.717, 1.165) is 18.7 Å². The van der Waals surface area contributed by atoms with Crippen LogP contribution >= 0.6 is 0 Å². The number of rotatable bonds is 3. The van der Waals surface area contributed by atoms with Crippen LogP contribution in [0.5, 0.6) is 0 Å². The molecular weight excluding hydrogens is 178 g/mol. The zero-order valence-corrected chi connectivity index (χ0v) is 9.37. The first-order valence-corrected chi connectivity index (χ1v) is 5.05. The zero-order valence-electron chi connectivity index (χ0n) is 9.37. The third-order valence-electron chi connectivity index (χ3n) is 2.42. The van der Waals surface area contributed by atoms with Gasteiger partial charge in [0.15, 0.2) is 0 Å². The van der Waals surface area contributed by atoms with E-state index in [4.69, 9.17) is 5.73 Å². The molecule has 1 rings (SSSR count). The molecule has 0 fully saturated rings. The van der Waals surface area contributed by atoms with E-state index in [1.165, 1.54) is 0 Å². The molecule has 0 saturated heterocycles. The molecular formula is C10H19N3O. The summed E-state index contributed by atoms with van der Waals surface area (Å²) in [4.78, 5) is 11.6. The van der Waals surface area contributed by atoms with Crippen LogP contribution in [-0.2, 0) is 13.6 Å². The third kappa shape index (κ3) is 1.56. The minimum absolute atomic E-state index is 0.0813. The highest BCUT2D eigenvalue weighted by Crippen LogP contribution is 2.19. The lowest BCUT2D eigenvalue weighted by molar-refractivity contribution is 0.467. The molecule has 0 atom stereocenters. The largest absolute Gasteiger partial charge is 0.393 e. The monoisotopic (exact) mass is 197 g/mol. The van der Waals surface area contributed by atoms with Crippen molar-refractivity contribution in [2.75, 3.05) is 5.73 Å². The summed E-state index contributed by atoms with van der Waals surface area (Å²) in [6.07, 6.45) is 1.00. The Labute approximate surface area is 84.3 Å². The number of nitrogens with two attached hydrogens (primary N) is 1. The predicted molar refractivity (Wildman–Crippen MR) is 58.5 cm³/mol. The summed E-state index contributed by atoms with van der Waals surface area (Å²) >= 11 is 0. The highest BCUT2D eigenvalue weighted by atomic mass is 16.1. The number of hydrogen-bond donors (Lipinski definition) is 1. The van der Waals surface area contributed by atoms with Gasteiger partial charge in [0, 0.05) is 13.6 Å². The normalized spacial score (nSPS) is 11.2. The molecule has 4 heteroatoms. The first kappa shape index (κ1) is 10.9. The van der Waals surface area contributed by atoms with Crippen molar-refractivity contribution in [1.82, 2.24) is 9.36 Å². The minimum atomic E-state index is -0.0813. The summed E-state index contributed by atoms with van der Waals surface area (Å²) in [6, 6.07) is 0. The van der Waals surface area contributed by atoms with Crippen molar-refractivity contribution in [1.29, 1.82) is 0 Å². The fourth-order valence-corrected chi connectivity index (χ4v) is 1.79. The topological polar surface area (TPSA) is 52.9 Å². The molecule has 0 aliphatic carbocycles. The number of nitrogens with zero attached hydrogens (tertiary/aromatic N) is 2. The Bertz CT molecular complexity index is 373. The molecule has 0 bridgehead atoms. The Kier molecular flexibility index (Phi) is 3.03. The van der Waals surface area contributed by atoms with E-state index in [2.05, 4.69) is 20.8 Å². The molecule has 0 amide bonds. The highest BCUT2D eigenvalue weighted by molar-refractivity contribution is 5.43. The van der Waals surface area contributed by atoms with E-state index in [0.29, 0.717) is 5.69 Å². The molecule has 0 spiro atoms. The van der Waals surface area contributed by atoms with Gasteiger partial charge >= 0.3 is 0 Å². The molecule has 0 aliphatic rings. The number of hydrogen-bond acceptors (Lipinski definition) is 2. The van der Waals surface area contributed by atoms with E-state index < -0.39 is 0 Å². The second-order valence-electron chi connectivity index (χ2n) is 3.91. The quantitative estimate of drug-likeness (QED) is 0.794. The zero-order chi connectivity index (χ0) is 10.9. The van der Waals surface area contributed by atoms with Crippen molar-refractivity contribution in [2.45, 2.75) is 39.7 Å². The van der Waals surface area contributed by atoms with Crippen molar-refractivity contribution in [3.63, 3.8) is 0 Å². The maximum Gasteiger partial charge on any atom is 0.289 e. The fraction of sp³-hybridized carbons (Fsp3) is 0.700. The van der Waals surface area contributed by atoms with Gasteiger partial charge in [0.1, 0.15) is 5.69 Å². The summed E-state index contributed by atoms with van der Waals surface area (Å²) in [6.45, 7) is 7.04. The molecule has 0 saturated carbocycles. The van der Waals surface area contributed by atoms with Crippen molar-refractivity contribution in [2.24, 2.45) is 7.05 Å². The molecule has 0 aliphatic heterocycles. The van der Waals surface area contributed by atoms with E-state index in [1.807, 2.05) is 4.68 Å². The van der Waals surface area contributed by atoms with Gasteiger partial charge in [-0.15, -0.1) is 0 Å². The van der Waals surface area contributed by atoms with Crippen LogP contribution in [0.25, 0.3) is 0 Å². The Morgan fingerprint density at radius 2 is 2.00 bits per heavy atom. The van der Waals surface area contributed by atoms with Crippen LogP contribution in [0.1, 0.15) is 38.8 Å². The molecule has 80 valence electrons. The van der Waals surface area contributed by atoms with Crippen molar-refractivity contribution in [3.8, 4) is 0 Å². The Hall–Kier alpha value is -1.19. The fourth-order valence-electron chi connectivity index (χ4n) is 1.79. The standard InChI is InChI=1S/C10H19N3O/c1-5-6-13-9(7(2)3)8(11)10(14)12(13)4/h7H,5-6,11H2,1-4H3. The first-order chi connectivity index (χ1) is 6.50. The van der Waals surface area contributed by atoms with Gasteiger partial charge in [0.2, 0.25) is 0 Å². The van der Waals surface area contributed by atoms with Crippen molar-refractivity contribution >= 4 is 5.69 Å². The van der Waals surface area contributed by atoms with Crippen LogP contribution in [0, 0.1) is 0 Å². The van der Waals surface area contributed by atoms with Crippen molar-refractivity contribution in [3.05, 3.63) is 16.0 Å². The number of aromatic nitrogens is 2. The predicted octanol–water partition coefficient (Wildman–Crippen LogP) is 1.30. The molecule has 4 nitrogen and oxygen atoms in total. The Morgan fingerprint density at radius 3 is 2.43 bits per heavy atom. The second kappa shape index (κ2) is 3.90. The second-order valence-corrected chi connectivity index (χ2v) is 3.91. The summed E-state index contributed by atoms with van der Waals surface area (Å²) in [7, 11) is 1.76. The molecule has 0 radical (unpaired) electrons. The van der Waals surface area contributed by atoms with Crippen LogP contribution in [0.2, 0.25) is 0 Å². The Balaban J connectivity index is 3.37. The number of anilines is 1. The first-order valence-electron chi connectivity index (χ1n) is 5.05. The SMILES string of the molecule is CCCn1c(C(C)C)c(N)c(=O)n1C. The van der Waals surface area contributed by atoms with E-state index >= 15 is 0 Å². The average molecular weight is 197 g/mol. The molecule has 1 aromatic rings. The number of nitrogen functional groups attached to an aromatic ring is 1. The third-order valence-corrected chi connectivity index (χ3v) is 2.42. The van der Waals surface area contributed by atoms with Crippen LogP contribution in [0.4, 0.5) is 5.69 Å².